The molecule has 0 aliphatic carbocycles. The molecule has 3 N–H and O–H groups in total. The lowest BCUT2D eigenvalue weighted by Gasteiger charge is -2.29. The third-order valence-electron chi connectivity index (χ3n) is 1.85. The summed E-state index contributed by atoms with van der Waals surface area (Å²) in [6.45, 7) is 0.560. The fourth-order valence-corrected chi connectivity index (χ4v) is 1.22. The molecule has 0 aromatic rings. The van der Waals surface area contributed by atoms with Gasteiger partial charge in [-0.2, -0.15) is 0 Å². The van der Waals surface area contributed by atoms with Crippen LogP contribution >= 0.6 is 0 Å². The SMILES string of the molecule is CN1CC(=O)N[C@@H](CCN)C1=O. The summed E-state index contributed by atoms with van der Waals surface area (Å²) in [5, 5.41) is 2.59. The van der Waals surface area contributed by atoms with Crippen molar-refractivity contribution < 1.29 is 9.59 Å². The van der Waals surface area contributed by atoms with Crippen LogP contribution in [0.3, 0.4) is 0 Å². The predicted molar refractivity (Wildman–Crippen MR) is 43.2 cm³/mol. The van der Waals surface area contributed by atoms with Crippen LogP contribution in [0, 0.1) is 0 Å². The van der Waals surface area contributed by atoms with Crippen molar-refractivity contribution in [3.05, 3.63) is 0 Å². The van der Waals surface area contributed by atoms with Crippen molar-refractivity contribution in [2.45, 2.75) is 12.5 Å². The van der Waals surface area contributed by atoms with E-state index in [1.165, 1.54) is 4.90 Å². The maximum absolute atomic E-state index is 11.3. The van der Waals surface area contributed by atoms with Gasteiger partial charge in [0.15, 0.2) is 0 Å². The van der Waals surface area contributed by atoms with Crippen molar-refractivity contribution in [2.24, 2.45) is 5.73 Å². The molecule has 1 rings (SSSR count). The Morgan fingerprint density at radius 1 is 1.67 bits per heavy atom. The second kappa shape index (κ2) is 3.53. The molecule has 1 atom stereocenters. The van der Waals surface area contributed by atoms with E-state index in [1.54, 1.807) is 7.05 Å². The molecule has 1 saturated heterocycles. The molecule has 0 radical (unpaired) electrons. The third kappa shape index (κ3) is 1.73. The van der Waals surface area contributed by atoms with Crippen LogP contribution in [0.4, 0.5) is 0 Å². The highest BCUT2D eigenvalue weighted by Gasteiger charge is 2.29. The molecule has 0 spiro atoms. The molecular formula is C7H13N3O2. The van der Waals surface area contributed by atoms with E-state index in [-0.39, 0.29) is 18.4 Å². The Balaban J connectivity index is 2.60. The van der Waals surface area contributed by atoms with Gasteiger partial charge in [-0.1, -0.05) is 0 Å². The molecule has 1 aliphatic rings. The van der Waals surface area contributed by atoms with Gasteiger partial charge in [0, 0.05) is 7.05 Å². The standard InChI is InChI=1S/C7H13N3O2/c1-10-4-6(11)9-5(2-3-8)7(10)12/h5H,2-4,8H2,1H3,(H,9,11)/t5-/m0/s1. The maximum atomic E-state index is 11.3. The Morgan fingerprint density at radius 3 is 2.92 bits per heavy atom. The Morgan fingerprint density at radius 2 is 2.33 bits per heavy atom. The lowest BCUT2D eigenvalue weighted by Crippen LogP contribution is -2.57. The molecule has 2 amide bonds. The van der Waals surface area contributed by atoms with Gasteiger partial charge in [0.25, 0.3) is 0 Å². The first-order valence-corrected chi connectivity index (χ1v) is 3.89. The average molecular weight is 171 g/mol. The maximum Gasteiger partial charge on any atom is 0.245 e. The molecule has 0 bridgehead atoms. The van der Waals surface area contributed by atoms with Crippen LogP contribution in [-0.4, -0.2) is 42.9 Å². The van der Waals surface area contributed by atoms with E-state index >= 15 is 0 Å². The first-order valence-electron chi connectivity index (χ1n) is 3.89. The summed E-state index contributed by atoms with van der Waals surface area (Å²) in [6.07, 6.45) is 0.509. The van der Waals surface area contributed by atoms with Crippen LogP contribution in [0.15, 0.2) is 0 Å². The summed E-state index contributed by atoms with van der Waals surface area (Å²) in [4.78, 5) is 23.7. The second-order valence-electron chi connectivity index (χ2n) is 2.89. The lowest BCUT2D eigenvalue weighted by atomic mass is 10.1. The number of hydrogen-bond donors (Lipinski definition) is 2. The van der Waals surface area contributed by atoms with Gasteiger partial charge in [0.2, 0.25) is 11.8 Å². The van der Waals surface area contributed by atoms with Crippen molar-refractivity contribution in [3.8, 4) is 0 Å². The van der Waals surface area contributed by atoms with E-state index in [1.807, 2.05) is 0 Å². The Hall–Kier alpha value is -1.10. The molecule has 1 fully saturated rings. The van der Waals surface area contributed by atoms with Gasteiger partial charge in [0.1, 0.15) is 6.04 Å². The van der Waals surface area contributed by atoms with Crippen LogP contribution < -0.4 is 11.1 Å². The van der Waals surface area contributed by atoms with Crippen LogP contribution in [0.25, 0.3) is 0 Å². The van der Waals surface area contributed by atoms with E-state index in [2.05, 4.69) is 5.32 Å². The number of likely N-dealkylation sites (N-methyl/N-ethyl adjacent to an activating group) is 1. The monoisotopic (exact) mass is 171 g/mol. The van der Waals surface area contributed by atoms with Gasteiger partial charge in [-0.15, -0.1) is 0 Å². The van der Waals surface area contributed by atoms with Crippen LogP contribution in [0.2, 0.25) is 0 Å². The summed E-state index contributed by atoms with van der Waals surface area (Å²) in [5.74, 6) is -0.171. The molecule has 68 valence electrons. The zero-order valence-electron chi connectivity index (χ0n) is 7.04. The first-order chi connectivity index (χ1) is 5.65. The highest BCUT2D eigenvalue weighted by atomic mass is 16.2. The lowest BCUT2D eigenvalue weighted by molar-refractivity contribution is -0.142. The van der Waals surface area contributed by atoms with E-state index in [4.69, 9.17) is 5.73 Å². The Bertz CT molecular complexity index is 205. The molecule has 12 heavy (non-hydrogen) atoms. The number of carbonyl (C=O) groups excluding carboxylic acids is 2. The Labute approximate surface area is 70.9 Å². The summed E-state index contributed by atoms with van der Waals surface area (Å²) in [5.41, 5.74) is 5.29. The van der Waals surface area contributed by atoms with Gasteiger partial charge in [-0.25, -0.2) is 0 Å². The van der Waals surface area contributed by atoms with Crippen LogP contribution in [0.1, 0.15) is 6.42 Å². The molecular weight excluding hydrogens is 158 g/mol. The van der Waals surface area contributed by atoms with Crippen molar-refractivity contribution >= 4 is 11.8 Å². The van der Waals surface area contributed by atoms with Gasteiger partial charge in [0.05, 0.1) is 6.54 Å². The predicted octanol–water partition coefficient (Wildman–Crippen LogP) is -1.71. The van der Waals surface area contributed by atoms with Crippen molar-refractivity contribution in [3.63, 3.8) is 0 Å². The Kier molecular flexibility index (Phi) is 2.65. The summed E-state index contributed by atoms with van der Waals surface area (Å²) >= 11 is 0. The van der Waals surface area contributed by atoms with Gasteiger partial charge >= 0.3 is 0 Å². The minimum atomic E-state index is -0.416. The fourth-order valence-electron chi connectivity index (χ4n) is 1.22. The second-order valence-corrected chi connectivity index (χ2v) is 2.89. The number of rotatable bonds is 2. The van der Waals surface area contributed by atoms with Crippen molar-refractivity contribution in [2.75, 3.05) is 20.1 Å². The average Bonchev–Trinajstić information content (AvgIpc) is 2.00. The molecule has 0 aromatic heterocycles. The molecule has 0 unspecified atom stereocenters. The number of amides is 2. The third-order valence-corrected chi connectivity index (χ3v) is 1.85. The quantitative estimate of drug-likeness (QED) is 0.519. The number of nitrogens with one attached hydrogen (secondary N) is 1. The molecule has 1 aliphatic heterocycles. The molecule has 5 heteroatoms. The molecule has 1 heterocycles. The van der Waals surface area contributed by atoms with E-state index in [0.29, 0.717) is 13.0 Å². The zero-order chi connectivity index (χ0) is 9.14. The smallest absolute Gasteiger partial charge is 0.245 e. The van der Waals surface area contributed by atoms with Gasteiger partial charge in [-0.05, 0) is 13.0 Å². The normalized spacial score (nSPS) is 24.2. The number of carbonyl (C=O) groups is 2. The zero-order valence-corrected chi connectivity index (χ0v) is 7.04. The molecule has 0 saturated carbocycles. The number of nitrogens with zero attached hydrogens (tertiary/aromatic N) is 1. The van der Waals surface area contributed by atoms with Gasteiger partial charge in [-0.3, -0.25) is 9.59 Å². The fraction of sp³-hybridized carbons (Fsp3) is 0.714. The topological polar surface area (TPSA) is 75.4 Å². The minimum Gasteiger partial charge on any atom is -0.343 e. The van der Waals surface area contributed by atoms with Gasteiger partial charge < -0.3 is 16.0 Å². The summed E-state index contributed by atoms with van der Waals surface area (Å²) in [6, 6.07) is -0.416. The summed E-state index contributed by atoms with van der Waals surface area (Å²) < 4.78 is 0. The minimum absolute atomic E-state index is 0.0555. The largest absolute Gasteiger partial charge is 0.343 e. The van der Waals surface area contributed by atoms with Crippen LogP contribution in [-0.2, 0) is 9.59 Å². The van der Waals surface area contributed by atoms with E-state index < -0.39 is 6.04 Å². The number of hydrogen-bond acceptors (Lipinski definition) is 3. The number of piperazine rings is 1. The molecule has 0 aromatic carbocycles. The highest BCUT2D eigenvalue weighted by Crippen LogP contribution is 2.02. The van der Waals surface area contributed by atoms with E-state index in [0.717, 1.165) is 0 Å². The number of nitrogens with two attached hydrogens (primary N) is 1. The van der Waals surface area contributed by atoms with E-state index in [9.17, 15) is 9.59 Å². The summed E-state index contributed by atoms with van der Waals surface area (Å²) in [7, 11) is 1.62. The van der Waals surface area contributed by atoms with Crippen molar-refractivity contribution in [1.29, 1.82) is 0 Å². The van der Waals surface area contributed by atoms with Crippen LogP contribution in [0.5, 0.6) is 0 Å². The first kappa shape index (κ1) is 8.99. The highest BCUT2D eigenvalue weighted by molar-refractivity contribution is 5.94. The van der Waals surface area contributed by atoms with Crippen molar-refractivity contribution in [1.82, 2.24) is 10.2 Å². The molecule has 5 nitrogen and oxygen atoms in total.